The summed E-state index contributed by atoms with van der Waals surface area (Å²) >= 11 is 5.89. The van der Waals surface area contributed by atoms with E-state index in [0.717, 1.165) is 19.4 Å². The number of hydrogen-bond acceptors (Lipinski definition) is 7. The summed E-state index contributed by atoms with van der Waals surface area (Å²) < 4.78 is 6.82. The highest BCUT2D eigenvalue weighted by molar-refractivity contribution is 6.28. The van der Waals surface area contributed by atoms with Crippen molar-refractivity contribution >= 4 is 17.5 Å². The first-order valence-electron chi connectivity index (χ1n) is 5.92. The summed E-state index contributed by atoms with van der Waals surface area (Å²) in [5.74, 6) is 0.748. The average Bonchev–Trinajstić information content (AvgIpc) is 2.93. The number of rotatable bonds is 3. The molecule has 3 rings (SSSR count). The van der Waals surface area contributed by atoms with E-state index >= 15 is 0 Å². The molecule has 1 unspecified atom stereocenters. The molecule has 1 atom stereocenters. The quantitative estimate of drug-likeness (QED) is 0.885. The van der Waals surface area contributed by atoms with Crippen molar-refractivity contribution in [1.82, 2.24) is 29.7 Å². The molecular formula is C10H12ClN7O. The molecule has 0 aliphatic carbocycles. The SMILES string of the molecule is Clc1nc(NC2CCCOC2)nc(-n2cncn2)n1. The van der Waals surface area contributed by atoms with E-state index in [1.807, 2.05) is 0 Å². The molecule has 1 aliphatic heterocycles. The number of halogens is 1. The molecule has 0 amide bonds. The van der Waals surface area contributed by atoms with E-state index in [1.54, 1.807) is 0 Å². The fourth-order valence-electron chi connectivity index (χ4n) is 1.86. The second kappa shape index (κ2) is 5.45. The lowest BCUT2D eigenvalue weighted by atomic mass is 10.1. The molecular weight excluding hydrogens is 270 g/mol. The molecule has 2 aromatic heterocycles. The topological polar surface area (TPSA) is 90.6 Å². The predicted molar refractivity (Wildman–Crippen MR) is 67.2 cm³/mol. The van der Waals surface area contributed by atoms with Crippen molar-refractivity contribution in [3.05, 3.63) is 17.9 Å². The summed E-state index contributed by atoms with van der Waals surface area (Å²) in [7, 11) is 0. The molecule has 9 heteroatoms. The Morgan fingerprint density at radius 2 is 2.32 bits per heavy atom. The van der Waals surface area contributed by atoms with E-state index in [9.17, 15) is 0 Å². The first kappa shape index (κ1) is 12.2. The molecule has 0 saturated carbocycles. The number of nitrogens with one attached hydrogen (secondary N) is 1. The van der Waals surface area contributed by atoms with Crippen LogP contribution in [0.2, 0.25) is 5.28 Å². The van der Waals surface area contributed by atoms with E-state index in [1.165, 1.54) is 17.3 Å². The summed E-state index contributed by atoms with van der Waals surface area (Å²) in [5, 5.41) is 7.26. The fraction of sp³-hybridized carbons (Fsp3) is 0.500. The number of aromatic nitrogens is 6. The highest BCUT2D eigenvalue weighted by Gasteiger charge is 2.16. The fourth-order valence-corrected chi connectivity index (χ4v) is 2.01. The third kappa shape index (κ3) is 2.96. The Morgan fingerprint density at radius 3 is 3.05 bits per heavy atom. The molecule has 0 aromatic carbocycles. The van der Waals surface area contributed by atoms with Crippen molar-refractivity contribution in [1.29, 1.82) is 0 Å². The Labute approximate surface area is 114 Å². The molecule has 3 heterocycles. The van der Waals surface area contributed by atoms with Crippen LogP contribution < -0.4 is 5.32 Å². The highest BCUT2D eigenvalue weighted by Crippen LogP contribution is 2.13. The maximum atomic E-state index is 5.89. The highest BCUT2D eigenvalue weighted by atomic mass is 35.5. The Bertz CT molecular complexity index is 541. The van der Waals surface area contributed by atoms with Crippen LogP contribution in [0.25, 0.3) is 5.95 Å². The number of nitrogens with zero attached hydrogens (tertiary/aromatic N) is 6. The summed E-state index contributed by atoms with van der Waals surface area (Å²) in [5.41, 5.74) is 0. The van der Waals surface area contributed by atoms with E-state index in [0.29, 0.717) is 18.5 Å². The van der Waals surface area contributed by atoms with Gasteiger partial charge in [0.05, 0.1) is 12.6 Å². The minimum atomic E-state index is 0.111. The lowest BCUT2D eigenvalue weighted by Gasteiger charge is -2.23. The molecule has 0 spiro atoms. The molecule has 100 valence electrons. The summed E-state index contributed by atoms with van der Waals surface area (Å²) in [6, 6.07) is 0.191. The third-order valence-corrected chi connectivity index (χ3v) is 2.88. The van der Waals surface area contributed by atoms with Gasteiger partial charge in [0.15, 0.2) is 0 Å². The molecule has 1 aliphatic rings. The number of hydrogen-bond donors (Lipinski definition) is 1. The van der Waals surface area contributed by atoms with Gasteiger partial charge >= 0.3 is 0 Å². The molecule has 8 nitrogen and oxygen atoms in total. The van der Waals surface area contributed by atoms with Crippen molar-refractivity contribution in [2.24, 2.45) is 0 Å². The smallest absolute Gasteiger partial charge is 0.258 e. The zero-order valence-corrected chi connectivity index (χ0v) is 10.8. The minimum Gasteiger partial charge on any atom is -0.379 e. The van der Waals surface area contributed by atoms with Crippen LogP contribution in [-0.2, 0) is 4.74 Å². The molecule has 1 N–H and O–H groups in total. The zero-order chi connectivity index (χ0) is 13.1. The number of anilines is 1. The van der Waals surface area contributed by atoms with Gasteiger partial charge in [0.25, 0.3) is 5.95 Å². The molecule has 0 bridgehead atoms. The van der Waals surface area contributed by atoms with E-state index in [-0.39, 0.29) is 11.3 Å². The van der Waals surface area contributed by atoms with E-state index in [2.05, 4.69) is 30.4 Å². The Kier molecular flexibility index (Phi) is 3.51. The lowest BCUT2D eigenvalue weighted by molar-refractivity contribution is 0.0874. The van der Waals surface area contributed by atoms with Gasteiger partial charge in [-0.1, -0.05) is 0 Å². The Hall–Kier alpha value is -1.80. The second-order valence-electron chi connectivity index (χ2n) is 4.13. The standard InChI is InChI=1S/C10H12ClN7O/c11-8-15-9(14-7-2-1-3-19-4-7)17-10(16-8)18-6-12-5-13-18/h5-7H,1-4H2,(H,14,15,16,17). The first-order valence-corrected chi connectivity index (χ1v) is 6.30. The van der Waals surface area contributed by atoms with Gasteiger partial charge in [0, 0.05) is 6.61 Å². The zero-order valence-electron chi connectivity index (χ0n) is 10.0. The Morgan fingerprint density at radius 1 is 1.37 bits per heavy atom. The molecule has 1 saturated heterocycles. The second-order valence-corrected chi connectivity index (χ2v) is 4.46. The van der Waals surface area contributed by atoms with Gasteiger partial charge < -0.3 is 10.1 Å². The van der Waals surface area contributed by atoms with Crippen LogP contribution in [-0.4, -0.2) is 49.0 Å². The summed E-state index contributed by atoms with van der Waals surface area (Å²) in [4.78, 5) is 16.2. The van der Waals surface area contributed by atoms with E-state index < -0.39 is 0 Å². The third-order valence-electron chi connectivity index (χ3n) is 2.71. The Balaban J connectivity index is 1.81. The normalized spacial score (nSPS) is 19.3. The maximum absolute atomic E-state index is 5.89. The van der Waals surface area contributed by atoms with Gasteiger partial charge in [0.1, 0.15) is 12.7 Å². The predicted octanol–water partition coefficient (Wildman–Crippen LogP) is 0.697. The van der Waals surface area contributed by atoms with E-state index in [4.69, 9.17) is 16.3 Å². The van der Waals surface area contributed by atoms with Crippen LogP contribution >= 0.6 is 11.6 Å². The van der Waals surface area contributed by atoms with Gasteiger partial charge in [-0.25, -0.2) is 4.98 Å². The molecule has 1 fully saturated rings. The van der Waals surface area contributed by atoms with Crippen LogP contribution in [0, 0.1) is 0 Å². The first-order chi connectivity index (χ1) is 9.31. The molecule has 2 aromatic rings. The monoisotopic (exact) mass is 281 g/mol. The number of ether oxygens (including phenoxy) is 1. The van der Waals surface area contributed by atoms with Crippen LogP contribution in [0.1, 0.15) is 12.8 Å². The average molecular weight is 282 g/mol. The molecule has 19 heavy (non-hydrogen) atoms. The lowest BCUT2D eigenvalue weighted by Crippen LogP contribution is -2.31. The minimum absolute atomic E-state index is 0.111. The van der Waals surface area contributed by atoms with Crippen LogP contribution in [0.3, 0.4) is 0 Å². The van der Waals surface area contributed by atoms with Gasteiger partial charge in [-0.05, 0) is 24.4 Å². The summed E-state index contributed by atoms with van der Waals surface area (Å²) in [6.45, 7) is 1.45. The van der Waals surface area contributed by atoms with Crippen LogP contribution in [0.4, 0.5) is 5.95 Å². The van der Waals surface area contributed by atoms with Crippen molar-refractivity contribution in [2.75, 3.05) is 18.5 Å². The maximum Gasteiger partial charge on any atom is 0.258 e. The van der Waals surface area contributed by atoms with Crippen molar-refractivity contribution < 1.29 is 4.74 Å². The van der Waals surface area contributed by atoms with Crippen LogP contribution in [0.5, 0.6) is 0 Å². The summed E-state index contributed by atoms with van der Waals surface area (Å²) in [6.07, 6.45) is 4.94. The molecule has 0 radical (unpaired) electrons. The van der Waals surface area contributed by atoms with Gasteiger partial charge in [0.2, 0.25) is 11.2 Å². The van der Waals surface area contributed by atoms with Gasteiger partial charge in [-0.3, -0.25) is 0 Å². The van der Waals surface area contributed by atoms with Crippen LogP contribution in [0.15, 0.2) is 12.7 Å². The van der Waals surface area contributed by atoms with Gasteiger partial charge in [-0.15, -0.1) is 0 Å². The van der Waals surface area contributed by atoms with Crippen molar-refractivity contribution in [3.63, 3.8) is 0 Å². The largest absolute Gasteiger partial charge is 0.379 e. The van der Waals surface area contributed by atoms with Crippen molar-refractivity contribution in [3.8, 4) is 5.95 Å². The van der Waals surface area contributed by atoms with Crippen molar-refractivity contribution in [2.45, 2.75) is 18.9 Å². The van der Waals surface area contributed by atoms with Gasteiger partial charge in [-0.2, -0.15) is 24.7 Å².